The monoisotopic (exact) mass is 464 g/mol. The number of rotatable bonds is 4. The minimum atomic E-state index is -0.275. The lowest BCUT2D eigenvalue weighted by Gasteiger charge is -2.38. The summed E-state index contributed by atoms with van der Waals surface area (Å²) in [5.74, 6) is 2.30. The molecule has 0 N–H and O–H groups in total. The van der Waals surface area contributed by atoms with E-state index in [4.69, 9.17) is 19.3 Å². The largest absolute Gasteiger partial charge is 0.493 e. The first-order valence-electron chi connectivity index (χ1n) is 9.77. The smallest absolute Gasteiger partial charge is 0.213 e. The Morgan fingerprint density at radius 2 is 1.77 bits per heavy atom. The molecule has 0 spiro atoms. The molecule has 2 aliphatic rings. The van der Waals surface area contributed by atoms with Gasteiger partial charge < -0.3 is 14.2 Å². The van der Waals surface area contributed by atoms with Crippen molar-refractivity contribution in [1.29, 1.82) is 0 Å². The van der Waals surface area contributed by atoms with Gasteiger partial charge in [-0.05, 0) is 36.4 Å². The summed E-state index contributed by atoms with van der Waals surface area (Å²) in [6, 6.07) is 22.4. The Labute approximate surface area is 184 Å². The molecule has 0 radical (unpaired) electrons. The fraction of sp³-hybridized carbons (Fsp3) is 0.208. The van der Waals surface area contributed by atoms with Crippen LogP contribution in [-0.2, 0) is 0 Å². The van der Waals surface area contributed by atoms with E-state index in [0.29, 0.717) is 11.5 Å². The highest BCUT2D eigenvalue weighted by molar-refractivity contribution is 9.10. The minimum Gasteiger partial charge on any atom is -0.493 e. The number of hydrogen-bond donors (Lipinski definition) is 0. The van der Waals surface area contributed by atoms with Gasteiger partial charge in [0.05, 0.1) is 26.0 Å². The van der Waals surface area contributed by atoms with Crippen LogP contribution in [0.5, 0.6) is 17.2 Å². The fourth-order valence-corrected chi connectivity index (χ4v) is 4.46. The number of hydrogen-bond acceptors (Lipinski definition) is 5. The number of hydrazone groups is 1. The standard InChI is InChI=1S/C24H21BrN2O3/c1-28-22-10-8-16(12-23(22)29-2)19-14-20-18-13-17(25)9-11-21(18)30-24(27(20)26-19)15-6-4-3-5-7-15/h3-13,20,24H,14H2,1-2H3/t20-,24+/m0/s1. The number of methoxy groups -OCH3 is 2. The summed E-state index contributed by atoms with van der Waals surface area (Å²) in [4.78, 5) is 0. The van der Waals surface area contributed by atoms with E-state index in [2.05, 4.69) is 39.1 Å². The Morgan fingerprint density at radius 1 is 0.967 bits per heavy atom. The predicted octanol–water partition coefficient (Wildman–Crippen LogP) is 5.71. The Hall–Kier alpha value is -2.99. The van der Waals surface area contributed by atoms with Gasteiger partial charge in [0.25, 0.3) is 0 Å². The highest BCUT2D eigenvalue weighted by Gasteiger charge is 2.41. The van der Waals surface area contributed by atoms with Crippen molar-refractivity contribution in [3.63, 3.8) is 0 Å². The average Bonchev–Trinajstić information content (AvgIpc) is 3.24. The summed E-state index contributed by atoms with van der Waals surface area (Å²) >= 11 is 3.60. The number of fused-ring (bicyclic) bond motifs is 3. The molecule has 3 aromatic carbocycles. The zero-order valence-electron chi connectivity index (χ0n) is 16.7. The number of nitrogens with zero attached hydrogens (tertiary/aromatic N) is 2. The molecule has 30 heavy (non-hydrogen) atoms. The van der Waals surface area contributed by atoms with E-state index in [1.54, 1.807) is 14.2 Å². The molecule has 0 saturated carbocycles. The molecule has 0 amide bonds. The van der Waals surface area contributed by atoms with Crippen LogP contribution in [0.15, 0.2) is 76.3 Å². The average molecular weight is 465 g/mol. The van der Waals surface area contributed by atoms with Crippen molar-refractivity contribution in [2.45, 2.75) is 18.7 Å². The zero-order valence-corrected chi connectivity index (χ0v) is 18.3. The molecule has 6 heteroatoms. The lowest BCUT2D eigenvalue weighted by molar-refractivity contribution is -0.0190. The third-order valence-corrected chi connectivity index (χ3v) is 6.05. The Morgan fingerprint density at radius 3 is 2.53 bits per heavy atom. The van der Waals surface area contributed by atoms with Crippen LogP contribution in [0.4, 0.5) is 0 Å². The lowest BCUT2D eigenvalue weighted by atomic mass is 9.96. The molecule has 0 unspecified atom stereocenters. The normalized spacial score (nSPS) is 19.4. The van der Waals surface area contributed by atoms with E-state index in [1.165, 1.54) is 0 Å². The van der Waals surface area contributed by atoms with Gasteiger partial charge in [-0.2, -0.15) is 5.10 Å². The van der Waals surface area contributed by atoms with E-state index in [0.717, 1.165) is 39.0 Å². The third-order valence-electron chi connectivity index (χ3n) is 5.55. The first kappa shape index (κ1) is 19.0. The molecule has 3 aromatic rings. The topological polar surface area (TPSA) is 43.3 Å². The lowest BCUT2D eigenvalue weighted by Crippen LogP contribution is -2.33. The number of halogens is 1. The molecule has 0 aromatic heterocycles. The van der Waals surface area contributed by atoms with Crippen molar-refractivity contribution >= 4 is 21.6 Å². The Bertz CT molecular complexity index is 1120. The first-order chi connectivity index (χ1) is 14.7. The van der Waals surface area contributed by atoms with Crippen LogP contribution in [0.2, 0.25) is 0 Å². The molecular formula is C24H21BrN2O3. The van der Waals surface area contributed by atoms with E-state index in [-0.39, 0.29) is 12.3 Å². The van der Waals surface area contributed by atoms with Crippen molar-refractivity contribution < 1.29 is 14.2 Å². The van der Waals surface area contributed by atoms with Crippen molar-refractivity contribution in [1.82, 2.24) is 5.01 Å². The molecule has 5 nitrogen and oxygen atoms in total. The summed E-state index contributed by atoms with van der Waals surface area (Å²) in [7, 11) is 3.29. The van der Waals surface area contributed by atoms with E-state index in [1.807, 2.05) is 48.5 Å². The van der Waals surface area contributed by atoms with Crippen LogP contribution in [0, 0.1) is 0 Å². The highest BCUT2D eigenvalue weighted by atomic mass is 79.9. The summed E-state index contributed by atoms with van der Waals surface area (Å²) in [6.45, 7) is 0. The summed E-state index contributed by atoms with van der Waals surface area (Å²) in [5.41, 5.74) is 4.23. The van der Waals surface area contributed by atoms with Gasteiger partial charge in [-0.1, -0.05) is 46.3 Å². The molecule has 0 saturated heterocycles. The van der Waals surface area contributed by atoms with Crippen LogP contribution in [0.3, 0.4) is 0 Å². The minimum absolute atomic E-state index is 0.0968. The molecule has 2 aliphatic heterocycles. The van der Waals surface area contributed by atoms with Gasteiger partial charge in [0.15, 0.2) is 11.5 Å². The second-order valence-electron chi connectivity index (χ2n) is 7.28. The first-order valence-corrected chi connectivity index (χ1v) is 10.6. The van der Waals surface area contributed by atoms with Gasteiger partial charge in [-0.25, -0.2) is 5.01 Å². The van der Waals surface area contributed by atoms with E-state index in [9.17, 15) is 0 Å². The van der Waals surface area contributed by atoms with Gasteiger partial charge in [-0.15, -0.1) is 0 Å². The van der Waals surface area contributed by atoms with Crippen LogP contribution >= 0.6 is 15.9 Å². The molecular weight excluding hydrogens is 444 g/mol. The second kappa shape index (κ2) is 7.69. The zero-order chi connectivity index (χ0) is 20.7. The maximum atomic E-state index is 6.41. The second-order valence-corrected chi connectivity index (χ2v) is 8.20. The molecule has 152 valence electrons. The Kier molecular flexibility index (Phi) is 4.87. The van der Waals surface area contributed by atoms with Crippen LogP contribution in [0.1, 0.15) is 35.4 Å². The summed E-state index contributed by atoms with van der Waals surface area (Å²) in [6.07, 6.45) is 0.508. The van der Waals surface area contributed by atoms with Crippen molar-refractivity contribution in [3.05, 3.63) is 87.9 Å². The molecule has 5 rings (SSSR count). The van der Waals surface area contributed by atoms with Crippen LogP contribution < -0.4 is 14.2 Å². The number of ether oxygens (including phenoxy) is 3. The SMILES string of the molecule is COc1ccc(C2=NN3[C@@H](c4ccccc4)Oc4ccc(Br)cc4[C@@H]3C2)cc1OC. The van der Waals surface area contributed by atoms with Crippen LogP contribution in [0.25, 0.3) is 0 Å². The summed E-state index contributed by atoms with van der Waals surface area (Å²) in [5, 5.41) is 7.09. The maximum Gasteiger partial charge on any atom is 0.213 e. The van der Waals surface area contributed by atoms with Crippen molar-refractivity contribution in [2.75, 3.05) is 14.2 Å². The van der Waals surface area contributed by atoms with Gasteiger partial charge in [-0.3, -0.25) is 0 Å². The molecule has 0 aliphatic carbocycles. The van der Waals surface area contributed by atoms with E-state index < -0.39 is 0 Å². The van der Waals surface area contributed by atoms with Gasteiger partial charge in [0.2, 0.25) is 6.23 Å². The molecule has 2 heterocycles. The molecule has 0 bridgehead atoms. The molecule has 0 fully saturated rings. The maximum absolute atomic E-state index is 6.41. The molecule has 2 atom stereocenters. The van der Waals surface area contributed by atoms with Gasteiger partial charge >= 0.3 is 0 Å². The summed E-state index contributed by atoms with van der Waals surface area (Å²) < 4.78 is 18.3. The van der Waals surface area contributed by atoms with Crippen LogP contribution in [-0.4, -0.2) is 24.9 Å². The fourth-order valence-electron chi connectivity index (χ4n) is 4.09. The van der Waals surface area contributed by atoms with E-state index >= 15 is 0 Å². The van der Waals surface area contributed by atoms with Gasteiger partial charge in [0, 0.05) is 27.6 Å². The Balaban J connectivity index is 1.58. The van der Waals surface area contributed by atoms with Crippen molar-refractivity contribution in [3.8, 4) is 17.2 Å². The predicted molar refractivity (Wildman–Crippen MR) is 119 cm³/mol. The third kappa shape index (κ3) is 3.21. The quantitative estimate of drug-likeness (QED) is 0.495. The van der Waals surface area contributed by atoms with Crippen molar-refractivity contribution in [2.24, 2.45) is 5.10 Å². The van der Waals surface area contributed by atoms with Gasteiger partial charge in [0.1, 0.15) is 5.75 Å². The number of benzene rings is 3. The highest BCUT2D eigenvalue weighted by Crippen LogP contribution is 2.48.